The van der Waals surface area contributed by atoms with Crippen LogP contribution in [0.5, 0.6) is 0 Å². The van der Waals surface area contributed by atoms with Gasteiger partial charge in [-0.05, 0) is 208 Å². The maximum absolute atomic E-state index is 6.86. The number of furan rings is 2. The van der Waals surface area contributed by atoms with Gasteiger partial charge in [-0.3, -0.25) is 0 Å². The lowest BCUT2D eigenvalue weighted by Gasteiger charge is -2.70. The molecule has 6 unspecified atom stereocenters. The number of nitrogens with zero attached hydrogens (tertiary/aromatic N) is 2. The van der Waals surface area contributed by atoms with Crippen molar-refractivity contribution >= 4 is 163 Å². The molecule has 2 bridgehead atoms. The van der Waals surface area contributed by atoms with E-state index in [0.29, 0.717) is 17.3 Å². The van der Waals surface area contributed by atoms with Gasteiger partial charge < -0.3 is 18.6 Å². The molecule has 4 fully saturated rings. The molecule has 0 amide bonds. The Morgan fingerprint density at radius 3 is 1.58 bits per heavy atom. The first-order valence-electron chi connectivity index (χ1n) is 29.9. The first-order chi connectivity index (χ1) is 41.5. The van der Waals surface area contributed by atoms with Crippen molar-refractivity contribution in [3.63, 3.8) is 0 Å². The number of para-hydroxylation sites is 2. The summed E-state index contributed by atoms with van der Waals surface area (Å²) in [5.74, 6) is 2.98. The predicted octanol–water partition coefficient (Wildman–Crippen LogP) is 22.8. The van der Waals surface area contributed by atoms with E-state index < -0.39 is 0 Å². The van der Waals surface area contributed by atoms with Gasteiger partial charge in [0.1, 0.15) is 22.3 Å². The average Bonchev–Trinajstić information content (AvgIpc) is 1.45. The van der Waals surface area contributed by atoms with Gasteiger partial charge in [0.25, 0.3) is 0 Å². The van der Waals surface area contributed by atoms with E-state index in [4.69, 9.17) is 8.83 Å². The number of hydrogen-bond acceptors (Lipinski definition) is 6. The van der Waals surface area contributed by atoms with Gasteiger partial charge in [0.15, 0.2) is 0 Å². The lowest BCUT2D eigenvalue weighted by atomic mass is 9.34. The average molecular weight is 1110 g/mol. The Labute approximate surface area is 491 Å². The fourth-order valence-corrected chi connectivity index (χ4v) is 20.8. The van der Waals surface area contributed by atoms with Gasteiger partial charge in [-0.1, -0.05) is 109 Å². The molecule has 4 heterocycles. The summed E-state index contributed by atoms with van der Waals surface area (Å²) in [5.41, 5.74) is 17.0. The van der Waals surface area contributed by atoms with Gasteiger partial charge in [0, 0.05) is 103 Å². The minimum absolute atomic E-state index is 0.0707. The van der Waals surface area contributed by atoms with Crippen LogP contribution in [0.15, 0.2) is 239 Å². The largest absolute Gasteiger partial charge is 0.456 e. The summed E-state index contributed by atoms with van der Waals surface area (Å²) in [7, 11) is 0. The summed E-state index contributed by atoms with van der Waals surface area (Å²) < 4.78 is 18.9. The van der Waals surface area contributed by atoms with Crippen LogP contribution in [-0.2, 0) is 5.41 Å². The number of benzene rings is 12. The molecular formula is C78H50N2O2S2. The van der Waals surface area contributed by atoms with Crippen LogP contribution in [0.1, 0.15) is 36.8 Å². The first-order valence-corrected chi connectivity index (χ1v) is 31.6. The van der Waals surface area contributed by atoms with Crippen LogP contribution in [0, 0.1) is 29.1 Å². The number of fused-ring (bicyclic) bond motifs is 23. The Kier molecular flexibility index (Phi) is 8.59. The lowest BCUT2D eigenvalue weighted by molar-refractivity contribution is -0.193. The molecule has 6 heteroatoms. The zero-order valence-corrected chi connectivity index (χ0v) is 47.2. The SMILES string of the molecule is c1ccc(N(c2ccc3c(c2)oc2cc4ccccc4cc23)c2ccc3c(c2)sc2cc4c(cc23)-c2c(cc(N(c3ccccc3)c3ccc5c(c3)oc3cc6ccccc6cc35)c3sc5ccccc5c23)C42C3CC4CC5CC2C45C3)cc1. The van der Waals surface area contributed by atoms with Crippen LogP contribution in [0.4, 0.5) is 34.1 Å². The van der Waals surface area contributed by atoms with Crippen LogP contribution < -0.4 is 9.80 Å². The van der Waals surface area contributed by atoms with Gasteiger partial charge in [0.05, 0.1) is 10.4 Å². The molecule has 4 aromatic heterocycles. The second kappa shape index (κ2) is 15.9. The zero-order chi connectivity index (χ0) is 54.3. The molecule has 396 valence electrons. The van der Waals surface area contributed by atoms with Gasteiger partial charge in [-0.15, -0.1) is 22.7 Å². The van der Waals surface area contributed by atoms with E-state index in [2.05, 4.69) is 240 Å². The highest BCUT2D eigenvalue weighted by Crippen LogP contribution is 2.88. The smallest absolute Gasteiger partial charge is 0.137 e. The number of thiophene rings is 2. The molecule has 5 aliphatic rings. The topological polar surface area (TPSA) is 32.8 Å². The third-order valence-corrected chi connectivity index (χ3v) is 24.0. The van der Waals surface area contributed by atoms with Crippen molar-refractivity contribution in [2.75, 3.05) is 9.80 Å². The van der Waals surface area contributed by atoms with Gasteiger partial charge in [-0.25, -0.2) is 0 Å². The van der Waals surface area contributed by atoms with Crippen LogP contribution >= 0.6 is 22.7 Å². The fraction of sp³-hybridized carbons (Fsp3) is 0.128. The lowest BCUT2D eigenvalue weighted by Crippen LogP contribution is -2.65. The molecule has 4 saturated carbocycles. The maximum atomic E-state index is 6.86. The minimum Gasteiger partial charge on any atom is -0.456 e. The molecule has 84 heavy (non-hydrogen) atoms. The van der Waals surface area contributed by atoms with Crippen LogP contribution in [-0.4, -0.2) is 0 Å². The van der Waals surface area contributed by atoms with E-state index in [9.17, 15) is 0 Å². The number of anilines is 6. The third-order valence-electron chi connectivity index (χ3n) is 21.7. The van der Waals surface area contributed by atoms with E-state index >= 15 is 0 Å². The molecule has 16 aromatic rings. The van der Waals surface area contributed by atoms with Gasteiger partial charge >= 0.3 is 0 Å². The molecule has 12 aromatic carbocycles. The molecule has 4 nitrogen and oxygen atoms in total. The van der Waals surface area contributed by atoms with Gasteiger partial charge in [-0.2, -0.15) is 0 Å². The van der Waals surface area contributed by atoms with E-state index in [1.165, 1.54) is 104 Å². The van der Waals surface area contributed by atoms with E-state index in [-0.39, 0.29) is 5.41 Å². The maximum Gasteiger partial charge on any atom is 0.137 e. The Hall–Kier alpha value is -9.20. The Morgan fingerprint density at radius 1 is 0.369 bits per heavy atom. The number of rotatable bonds is 6. The molecular weight excluding hydrogens is 1060 g/mol. The van der Waals surface area contributed by atoms with Crippen molar-refractivity contribution in [3.05, 3.63) is 242 Å². The number of hydrogen-bond donors (Lipinski definition) is 0. The highest BCUT2D eigenvalue weighted by molar-refractivity contribution is 7.26. The minimum atomic E-state index is -0.0707. The van der Waals surface area contributed by atoms with Crippen molar-refractivity contribution in [1.29, 1.82) is 0 Å². The summed E-state index contributed by atoms with van der Waals surface area (Å²) in [6.07, 6.45) is 5.47. The molecule has 2 spiro atoms. The normalized spacial score (nSPS) is 21.7. The quantitative estimate of drug-likeness (QED) is 0.166. The Morgan fingerprint density at radius 2 is 0.917 bits per heavy atom. The zero-order valence-electron chi connectivity index (χ0n) is 45.6. The molecule has 6 atom stereocenters. The molecule has 0 aliphatic heterocycles. The van der Waals surface area contributed by atoms with Crippen molar-refractivity contribution < 1.29 is 8.83 Å². The molecule has 21 rings (SSSR count). The predicted molar refractivity (Wildman–Crippen MR) is 352 cm³/mol. The summed E-state index contributed by atoms with van der Waals surface area (Å²) >= 11 is 3.94. The molecule has 0 saturated heterocycles. The highest BCUT2D eigenvalue weighted by atomic mass is 32.1. The van der Waals surface area contributed by atoms with Crippen LogP contribution in [0.3, 0.4) is 0 Å². The third kappa shape index (κ3) is 5.65. The van der Waals surface area contributed by atoms with Gasteiger partial charge in [0.2, 0.25) is 0 Å². The van der Waals surface area contributed by atoms with Crippen molar-refractivity contribution in [2.24, 2.45) is 29.1 Å². The Balaban J connectivity index is 0.776. The van der Waals surface area contributed by atoms with Crippen molar-refractivity contribution in [1.82, 2.24) is 0 Å². The summed E-state index contributed by atoms with van der Waals surface area (Å²) in [6.45, 7) is 0. The molecule has 0 N–H and O–H groups in total. The first kappa shape index (κ1) is 45.3. The second-order valence-corrected chi connectivity index (χ2v) is 27.3. The monoisotopic (exact) mass is 1110 g/mol. The van der Waals surface area contributed by atoms with Crippen molar-refractivity contribution in [3.8, 4) is 11.1 Å². The van der Waals surface area contributed by atoms with Crippen molar-refractivity contribution in [2.45, 2.75) is 31.1 Å². The second-order valence-electron chi connectivity index (χ2n) is 25.1. The summed E-state index contributed by atoms with van der Waals surface area (Å²) in [5, 5.41) is 14.8. The standard InChI is InChI=1S/C78H50N2O2S2/c1-3-17-50(18-4-1)79(52-23-26-55-59-29-43-13-7-9-15-45(43)31-66(59)81-68(55)36-52)54-25-28-57-61-39-62-63(41-72(61)83-71(57)38-54)78(49-34-47-33-48-35-73(78)77(47,48)42-49)64-40-65(76-75(74(62)64)58-21-11-12-22-70(58)84-76)80(51-19-5-2-6-20-51)53-24-27-56-60-30-44-14-8-10-16-46(44)32-67(60)82-69(56)37-53/h1-32,36-41,47-49,73H,33-35,42H2. The highest BCUT2D eigenvalue weighted by Gasteiger charge is 2.82. The van der Waals surface area contributed by atoms with Crippen LogP contribution in [0.2, 0.25) is 0 Å². The van der Waals surface area contributed by atoms with E-state index in [1.807, 2.05) is 22.7 Å². The summed E-state index contributed by atoms with van der Waals surface area (Å²) in [6, 6.07) is 86.4. The van der Waals surface area contributed by atoms with E-state index in [1.54, 1.807) is 11.1 Å². The summed E-state index contributed by atoms with van der Waals surface area (Å²) in [4.78, 5) is 4.97. The molecule has 0 radical (unpaired) electrons. The molecule has 5 aliphatic carbocycles. The fourth-order valence-electron chi connectivity index (χ4n) is 18.4. The van der Waals surface area contributed by atoms with Crippen LogP contribution in [0.25, 0.3) is 117 Å². The Bertz CT molecular complexity index is 5590. The van der Waals surface area contributed by atoms with E-state index in [0.717, 1.165) is 84.1 Å².